The number of nitrogens with two attached hydrogens (primary N) is 1. The highest BCUT2D eigenvalue weighted by Crippen LogP contribution is 2.47. The topological polar surface area (TPSA) is 112 Å². The van der Waals surface area contributed by atoms with E-state index in [-0.39, 0.29) is 5.75 Å². The van der Waals surface area contributed by atoms with Crippen LogP contribution in [0.2, 0.25) is 0 Å². The van der Waals surface area contributed by atoms with E-state index in [4.69, 9.17) is 10.5 Å². The second-order valence-corrected chi connectivity index (χ2v) is 11.2. The molecule has 10 heteroatoms. The molecule has 196 valence electrons. The molecule has 3 aromatic heterocycles. The predicted molar refractivity (Wildman–Crippen MR) is 148 cm³/mol. The Hall–Kier alpha value is -4.57. The number of fused-ring (bicyclic) bond motifs is 1. The third-order valence-electron chi connectivity index (χ3n) is 6.97. The molecule has 0 bridgehead atoms. The number of halogens is 1. The third kappa shape index (κ3) is 4.42. The van der Waals surface area contributed by atoms with E-state index in [9.17, 15) is 9.59 Å². The number of carbonyl (C=O) groups excluding carboxylic acids is 2. The van der Waals surface area contributed by atoms with E-state index in [1.165, 1.54) is 6.07 Å². The number of pyridine rings is 1. The first-order valence-corrected chi connectivity index (χ1v) is 13.8. The van der Waals surface area contributed by atoms with Crippen LogP contribution in [0.1, 0.15) is 19.8 Å². The zero-order valence-corrected chi connectivity index (χ0v) is 21.9. The molecule has 6 rings (SSSR count). The molecule has 0 spiro atoms. The summed E-state index contributed by atoms with van der Waals surface area (Å²) in [5, 5.41) is 5.70. The van der Waals surface area contributed by atoms with E-state index in [1.807, 2.05) is 29.1 Å². The maximum atomic E-state index is 15.2. The lowest BCUT2D eigenvalue weighted by atomic mass is 10.0. The number of nitrogens with one attached hydrogen (secondary N) is 1. The number of ether oxygens (including phenoxy) is 1. The van der Waals surface area contributed by atoms with Crippen LogP contribution >= 0.6 is 10.5 Å². The maximum Gasteiger partial charge on any atom is 0.290 e. The minimum absolute atomic E-state index is 0.0860. The standard InChI is InChI=1S/C29H24FN5O3S/c1-2-35-16-24(33-17-35)39-15-11-22-26(39)23(10-14-32-22)38-25-20(4-3-5-21(25)30)18-6-8-19(9-7-18)34-28(37)29(12-13-29)27(31)36/h3-11,14-17H,2,12-13H2,1H3,(H2-,31,34,36,37)/p+1. The summed E-state index contributed by atoms with van der Waals surface area (Å²) in [6.45, 7) is 2.86. The number of nitrogens with zero attached hydrogens (tertiary/aromatic N) is 3. The molecule has 1 aliphatic rings. The molecule has 0 radical (unpaired) electrons. The first-order chi connectivity index (χ1) is 18.9. The fraction of sp³-hybridized carbons (Fsp3) is 0.172. The second-order valence-electron chi connectivity index (χ2n) is 9.40. The first kappa shape index (κ1) is 24.7. The molecular formula is C29H25FN5O3S+. The molecule has 1 fully saturated rings. The molecule has 0 aliphatic heterocycles. The van der Waals surface area contributed by atoms with E-state index in [0.29, 0.717) is 35.4 Å². The average Bonchev–Trinajstić information content (AvgIpc) is 3.43. The number of para-hydroxylation sites is 1. The van der Waals surface area contributed by atoms with Gasteiger partial charge in [0.15, 0.2) is 17.3 Å². The van der Waals surface area contributed by atoms with Gasteiger partial charge in [-0.2, -0.15) is 4.98 Å². The monoisotopic (exact) mass is 542 g/mol. The molecule has 1 atom stereocenters. The number of hydrogen-bond donors (Lipinski definition) is 2. The Balaban J connectivity index is 1.33. The van der Waals surface area contributed by atoms with Crippen molar-refractivity contribution < 1.29 is 18.7 Å². The van der Waals surface area contributed by atoms with Crippen molar-refractivity contribution in [1.82, 2.24) is 14.5 Å². The van der Waals surface area contributed by atoms with Gasteiger partial charge in [0.25, 0.3) is 5.03 Å². The second kappa shape index (κ2) is 9.63. The number of amides is 2. The number of aryl methyl sites for hydroxylation is 1. The Bertz CT molecular complexity index is 1720. The van der Waals surface area contributed by atoms with Crippen molar-refractivity contribution in [3.05, 3.63) is 84.5 Å². The number of primary amides is 1. The van der Waals surface area contributed by atoms with E-state index in [2.05, 4.69) is 15.3 Å². The number of rotatable bonds is 8. The van der Waals surface area contributed by atoms with Crippen molar-refractivity contribution in [2.45, 2.75) is 26.3 Å². The normalized spacial score (nSPS) is 14.3. The van der Waals surface area contributed by atoms with Crippen LogP contribution in [-0.2, 0) is 16.1 Å². The number of thiophene rings is 1. The van der Waals surface area contributed by atoms with Gasteiger partial charge in [-0.05, 0) is 43.5 Å². The molecule has 3 N–H and O–H groups in total. The van der Waals surface area contributed by atoms with Crippen molar-refractivity contribution >= 4 is 38.2 Å². The first-order valence-electron chi connectivity index (χ1n) is 12.5. The summed E-state index contributed by atoms with van der Waals surface area (Å²) < 4.78 is 24.4. The summed E-state index contributed by atoms with van der Waals surface area (Å²) in [6, 6.07) is 15.4. The number of carbonyl (C=O) groups is 2. The summed E-state index contributed by atoms with van der Waals surface area (Å²) in [5.41, 5.74) is 6.82. The van der Waals surface area contributed by atoms with Gasteiger partial charge in [-0.3, -0.25) is 14.6 Å². The van der Waals surface area contributed by atoms with Crippen molar-refractivity contribution in [2.75, 3.05) is 5.32 Å². The van der Waals surface area contributed by atoms with Gasteiger partial charge in [-0.15, -0.1) is 0 Å². The molecule has 2 aromatic carbocycles. The van der Waals surface area contributed by atoms with Crippen molar-refractivity contribution in [3.63, 3.8) is 0 Å². The zero-order chi connectivity index (χ0) is 27.1. The van der Waals surface area contributed by atoms with Crippen LogP contribution in [-0.4, -0.2) is 26.3 Å². The van der Waals surface area contributed by atoms with Crippen LogP contribution in [0.5, 0.6) is 11.5 Å². The summed E-state index contributed by atoms with van der Waals surface area (Å²) in [6.07, 6.45) is 6.35. The van der Waals surface area contributed by atoms with Crippen LogP contribution in [0.4, 0.5) is 10.1 Å². The molecule has 2 amide bonds. The number of imidazole rings is 1. The largest absolute Gasteiger partial charge is 0.448 e. The van der Waals surface area contributed by atoms with Crippen molar-refractivity contribution in [2.24, 2.45) is 11.1 Å². The summed E-state index contributed by atoms with van der Waals surface area (Å²) >= 11 is 0. The highest BCUT2D eigenvalue weighted by Gasteiger charge is 2.55. The van der Waals surface area contributed by atoms with Gasteiger partial charge in [0.2, 0.25) is 16.5 Å². The van der Waals surface area contributed by atoms with Crippen LogP contribution < -0.4 is 15.8 Å². The number of hydrogen-bond acceptors (Lipinski definition) is 5. The van der Waals surface area contributed by atoms with E-state index in [0.717, 1.165) is 21.8 Å². The Kier molecular flexibility index (Phi) is 6.11. The molecule has 3 heterocycles. The highest BCUT2D eigenvalue weighted by atomic mass is 32.2. The smallest absolute Gasteiger partial charge is 0.290 e. The SMILES string of the molecule is CCn1cnc(-[s+]2ccc3nccc(Oc4c(F)cccc4-c4ccc(NC(=O)C5(C(N)=O)CC5)cc4)c32)c1. The van der Waals surface area contributed by atoms with Gasteiger partial charge >= 0.3 is 0 Å². The Morgan fingerprint density at radius 1 is 1.13 bits per heavy atom. The Morgan fingerprint density at radius 2 is 1.92 bits per heavy atom. The lowest BCUT2D eigenvalue weighted by molar-refractivity contribution is -0.132. The van der Waals surface area contributed by atoms with Gasteiger partial charge in [0.1, 0.15) is 22.6 Å². The molecular weight excluding hydrogens is 517 g/mol. The van der Waals surface area contributed by atoms with Gasteiger partial charge in [-0.25, -0.2) is 4.39 Å². The van der Waals surface area contributed by atoms with E-state index >= 15 is 4.39 Å². The van der Waals surface area contributed by atoms with Gasteiger partial charge in [0.05, 0.1) is 6.20 Å². The predicted octanol–water partition coefficient (Wildman–Crippen LogP) is 5.99. The molecule has 1 saturated carbocycles. The minimum atomic E-state index is -1.12. The van der Waals surface area contributed by atoms with Crippen LogP contribution in [0.3, 0.4) is 0 Å². The highest BCUT2D eigenvalue weighted by molar-refractivity contribution is 7.43. The van der Waals surface area contributed by atoms with Crippen molar-refractivity contribution in [1.29, 1.82) is 0 Å². The molecule has 1 aliphatic carbocycles. The van der Waals surface area contributed by atoms with Gasteiger partial charge < -0.3 is 20.4 Å². The maximum absolute atomic E-state index is 15.2. The van der Waals surface area contributed by atoms with E-state index in [1.54, 1.807) is 55.0 Å². The molecule has 0 saturated heterocycles. The lowest BCUT2D eigenvalue weighted by Gasteiger charge is -2.14. The third-order valence-corrected chi connectivity index (χ3v) is 8.89. The minimum Gasteiger partial charge on any atom is -0.448 e. The van der Waals surface area contributed by atoms with Gasteiger partial charge in [-0.1, -0.05) is 24.3 Å². The summed E-state index contributed by atoms with van der Waals surface area (Å²) in [4.78, 5) is 33.2. The number of anilines is 1. The molecule has 39 heavy (non-hydrogen) atoms. The quantitative estimate of drug-likeness (QED) is 0.185. The zero-order valence-electron chi connectivity index (χ0n) is 21.1. The van der Waals surface area contributed by atoms with E-state index < -0.39 is 33.5 Å². The molecule has 8 nitrogen and oxygen atoms in total. The molecule has 1 unspecified atom stereocenters. The fourth-order valence-electron chi connectivity index (χ4n) is 4.51. The van der Waals surface area contributed by atoms with Gasteiger partial charge in [0, 0.05) is 46.6 Å². The van der Waals surface area contributed by atoms with Crippen molar-refractivity contribution in [3.8, 4) is 27.7 Å². The average molecular weight is 543 g/mol. The Morgan fingerprint density at radius 3 is 2.62 bits per heavy atom. The van der Waals surface area contributed by atoms with Crippen LogP contribution in [0, 0.1) is 11.2 Å². The lowest BCUT2D eigenvalue weighted by Crippen LogP contribution is -2.36. The summed E-state index contributed by atoms with van der Waals surface area (Å²) in [7, 11) is -0.500. The number of benzene rings is 2. The summed E-state index contributed by atoms with van der Waals surface area (Å²) in [5.74, 6) is -0.929. The molecule has 5 aromatic rings. The number of aromatic nitrogens is 3. The Labute approximate surface area is 226 Å². The van der Waals surface area contributed by atoms with Crippen LogP contribution in [0.25, 0.3) is 26.4 Å². The van der Waals surface area contributed by atoms with Crippen LogP contribution in [0.15, 0.2) is 78.7 Å². The fourth-order valence-corrected chi connectivity index (χ4v) is 6.34.